The quantitative estimate of drug-likeness (QED) is 0.845. The largest absolute Gasteiger partial charge is 0.478 e. The average molecular weight is 290 g/mol. The molecule has 1 unspecified atom stereocenters. The van der Waals surface area contributed by atoms with E-state index in [1.807, 2.05) is 18.4 Å². The number of aromatic carboxylic acids is 1. The lowest BCUT2D eigenvalue weighted by atomic mass is 10.1. The highest BCUT2D eigenvalue weighted by molar-refractivity contribution is 7.10. The van der Waals surface area contributed by atoms with Gasteiger partial charge in [0.05, 0.1) is 11.6 Å². The molecule has 2 N–H and O–H groups in total. The maximum Gasteiger partial charge on any atom is 0.335 e. The van der Waals surface area contributed by atoms with Gasteiger partial charge in [-0.05, 0) is 36.4 Å². The van der Waals surface area contributed by atoms with Gasteiger partial charge in [0.25, 0.3) is 0 Å². The van der Waals surface area contributed by atoms with Crippen molar-refractivity contribution in [2.75, 3.05) is 5.32 Å². The smallest absolute Gasteiger partial charge is 0.335 e. The maximum atomic E-state index is 11.2. The van der Waals surface area contributed by atoms with Crippen molar-refractivity contribution in [3.63, 3.8) is 0 Å². The van der Waals surface area contributed by atoms with E-state index in [9.17, 15) is 4.79 Å². The molecular formula is C15H18N2O2S. The zero-order valence-electron chi connectivity index (χ0n) is 11.6. The van der Waals surface area contributed by atoms with Crippen LogP contribution in [0.3, 0.4) is 0 Å². The molecule has 0 aliphatic heterocycles. The number of pyridine rings is 1. The summed E-state index contributed by atoms with van der Waals surface area (Å²) in [6.45, 7) is 4.06. The van der Waals surface area contributed by atoms with Crippen molar-refractivity contribution in [2.45, 2.75) is 32.7 Å². The Labute approximate surface area is 122 Å². The van der Waals surface area contributed by atoms with E-state index in [1.54, 1.807) is 23.5 Å². The van der Waals surface area contributed by atoms with Gasteiger partial charge in [-0.25, -0.2) is 9.78 Å². The molecule has 0 aliphatic rings. The molecule has 0 fully saturated rings. The Morgan fingerprint density at radius 3 is 2.80 bits per heavy atom. The molecule has 2 rings (SSSR count). The number of hydrogen-bond acceptors (Lipinski definition) is 4. The lowest BCUT2D eigenvalue weighted by molar-refractivity contribution is 0.0696. The second-order valence-corrected chi connectivity index (χ2v) is 5.49. The fourth-order valence-electron chi connectivity index (χ4n) is 2.01. The third kappa shape index (κ3) is 3.36. The van der Waals surface area contributed by atoms with Gasteiger partial charge in [-0.15, -0.1) is 11.3 Å². The molecule has 0 aliphatic carbocycles. The summed E-state index contributed by atoms with van der Waals surface area (Å²) < 4.78 is 0. The number of carboxylic acids is 1. The van der Waals surface area contributed by atoms with E-state index in [0.29, 0.717) is 12.2 Å². The molecule has 0 radical (unpaired) electrons. The minimum Gasteiger partial charge on any atom is -0.478 e. The fraction of sp³-hybridized carbons (Fsp3) is 0.333. The number of carbonyl (C=O) groups is 1. The van der Waals surface area contributed by atoms with E-state index in [4.69, 9.17) is 5.11 Å². The summed E-state index contributed by atoms with van der Waals surface area (Å²) >= 11 is 1.69. The van der Waals surface area contributed by atoms with Gasteiger partial charge in [0, 0.05) is 10.6 Å². The van der Waals surface area contributed by atoms with Gasteiger partial charge < -0.3 is 10.4 Å². The van der Waals surface area contributed by atoms with Crippen LogP contribution in [0.15, 0.2) is 29.6 Å². The van der Waals surface area contributed by atoms with E-state index < -0.39 is 5.97 Å². The monoisotopic (exact) mass is 290 g/mol. The normalized spacial score (nSPS) is 12.1. The number of carboxylic acid groups (broad SMARTS) is 1. The molecule has 0 amide bonds. The van der Waals surface area contributed by atoms with Crippen LogP contribution in [-0.2, 0) is 6.42 Å². The first-order valence-electron chi connectivity index (χ1n) is 6.68. The molecule has 0 spiro atoms. The standard InChI is InChI=1S/C15H18N2O2S/c1-3-11-8-10(15(18)19)9-14(16-11)17-12(4-2)13-6-5-7-20-13/h5-9,12H,3-4H2,1-2H3,(H,16,17)(H,18,19). The van der Waals surface area contributed by atoms with E-state index in [2.05, 4.69) is 23.3 Å². The first-order valence-corrected chi connectivity index (χ1v) is 7.56. The highest BCUT2D eigenvalue weighted by Crippen LogP contribution is 2.26. The van der Waals surface area contributed by atoms with Gasteiger partial charge in [0.2, 0.25) is 0 Å². The minimum atomic E-state index is -0.922. The first-order chi connectivity index (χ1) is 9.63. The number of thiophene rings is 1. The average Bonchev–Trinajstić information content (AvgIpc) is 2.98. The van der Waals surface area contributed by atoms with Crippen LogP contribution in [0.1, 0.15) is 47.2 Å². The second kappa shape index (κ2) is 6.52. The van der Waals surface area contributed by atoms with E-state index >= 15 is 0 Å². The molecule has 20 heavy (non-hydrogen) atoms. The van der Waals surface area contributed by atoms with Crippen molar-refractivity contribution in [3.8, 4) is 0 Å². The number of rotatable bonds is 6. The van der Waals surface area contributed by atoms with Crippen LogP contribution < -0.4 is 5.32 Å². The number of nitrogens with zero attached hydrogens (tertiary/aromatic N) is 1. The molecule has 2 aromatic rings. The minimum absolute atomic E-state index is 0.163. The molecule has 106 valence electrons. The van der Waals surface area contributed by atoms with Gasteiger partial charge in [-0.3, -0.25) is 0 Å². The van der Waals surface area contributed by atoms with Crippen molar-refractivity contribution in [1.82, 2.24) is 4.98 Å². The number of nitrogens with one attached hydrogen (secondary N) is 1. The molecule has 0 bridgehead atoms. The van der Waals surface area contributed by atoms with Crippen LogP contribution >= 0.6 is 11.3 Å². The molecule has 5 heteroatoms. The molecule has 2 aromatic heterocycles. The summed E-state index contributed by atoms with van der Waals surface area (Å²) in [6.07, 6.45) is 1.63. The SMILES string of the molecule is CCc1cc(C(=O)O)cc(NC(CC)c2cccs2)n1. The van der Waals surface area contributed by atoms with Gasteiger partial charge in [0.15, 0.2) is 0 Å². The fourth-order valence-corrected chi connectivity index (χ4v) is 2.87. The Morgan fingerprint density at radius 2 is 2.25 bits per heavy atom. The predicted octanol–water partition coefficient (Wildman–Crippen LogP) is 3.97. The first kappa shape index (κ1) is 14.5. The summed E-state index contributed by atoms with van der Waals surface area (Å²) in [6, 6.07) is 7.48. The topological polar surface area (TPSA) is 62.2 Å². The Balaban J connectivity index is 2.27. The summed E-state index contributed by atoms with van der Waals surface area (Å²) in [5.74, 6) is -0.295. The molecule has 1 atom stereocenters. The van der Waals surface area contributed by atoms with Crippen LogP contribution in [0.5, 0.6) is 0 Å². The highest BCUT2D eigenvalue weighted by Gasteiger charge is 2.13. The zero-order valence-corrected chi connectivity index (χ0v) is 12.4. The molecule has 0 saturated carbocycles. The Bertz CT molecular complexity index is 582. The van der Waals surface area contributed by atoms with Crippen LogP contribution in [0.2, 0.25) is 0 Å². The van der Waals surface area contributed by atoms with Crippen molar-refractivity contribution in [1.29, 1.82) is 0 Å². The van der Waals surface area contributed by atoms with Crippen LogP contribution in [0.4, 0.5) is 5.82 Å². The van der Waals surface area contributed by atoms with E-state index in [0.717, 1.165) is 12.1 Å². The third-order valence-corrected chi connectivity index (χ3v) is 4.09. The van der Waals surface area contributed by atoms with E-state index in [1.165, 1.54) is 4.88 Å². The molecular weight excluding hydrogens is 272 g/mol. The maximum absolute atomic E-state index is 11.2. The van der Waals surface area contributed by atoms with Gasteiger partial charge >= 0.3 is 5.97 Å². The zero-order chi connectivity index (χ0) is 14.5. The van der Waals surface area contributed by atoms with E-state index in [-0.39, 0.29) is 11.6 Å². The van der Waals surface area contributed by atoms with Gasteiger partial charge in [-0.2, -0.15) is 0 Å². The summed E-state index contributed by atoms with van der Waals surface area (Å²) in [5.41, 5.74) is 1.06. The van der Waals surface area contributed by atoms with Gasteiger partial charge in [-0.1, -0.05) is 19.9 Å². The van der Waals surface area contributed by atoms with Gasteiger partial charge in [0.1, 0.15) is 5.82 Å². The van der Waals surface area contributed by atoms with Crippen LogP contribution in [0, 0.1) is 0 Å². The number of hydrogen-bond donors (Lipinski definition) is 2. The van der Waals surface area contributed by atoms with Crippen molar-refractivity contribution in [3.05, 3.63) is 45.8 Å². The van der Waals surface area contributed by atoms with Crippen molar-refractivity contribution in [2.24, 2.45) is 0 Å². The third-order valence-electron chi connectivity index (χ3n) is 3.10. The lowest BCUT2D eigenvalue weighted by Gasteiger charge is -2.17. The lowest BCUT2D eigenvalue weighted by Crippen LogP contribution is -2.11. The second-order valence-electron chi connectivity index (χ2n) is 4.51. The number of aromatic nitrogens is 1. The van der Waals surface area contributed by atoms with Crippen molar-refractivity contribution < 1.29 is 9.90 Å². The predicted molar refractivity (Wildman–Crippen MR) is 81.5 cm³/mol. The van der Waals surface area contributed by atoms with Crippen LogP contribution in [0.25, 0.3) is 0 Å². The molecule has 0 saturated heterocycles. The Hall–Kier alpha value is -1.88. The summed E-state index contributed by atoms with van der Waals surface area (Å²) in [4.78, 5) is 16.8. The molecule has 2 heterocycles. The Kier molecular flexibility index (Phi) is 4.74. The number of aryl methyl sites for hydroxylation is 1. The van der Waals surface area contributed by atoms with Crippen molar-refractivity contribution >= 4 is 23.1 Å². The number of anilines is 1. The Morgan fingerprint density at radius 1 is 1.45 bits per heavy atom. The summed E-state index contributed by atoms with van der Waals surface area (Å²) in [5, 5.41) is 14.5. The summed E-state index contributed by atoms with van der Waals surface area (Å²) in [7, 11) is 0. The van der Waals surface area contributed by atoms with Crippen LogP contribution in [-0.4, -0.2) is 16.1 Å². The highest BCUT2D eigenvalue weighted by atomic mass is 32.1. The molecule has 4 nitrogen and oxygen atoms in total. The molecule has 0 aromatic carbocycles.